The normalized spacial score (nSPS) is 10.1. The molecule has 4 nitrogen and oxygen atoms in total. The molecular formula is C14H16N2O2. The molecule has 0 bridgehead atoms. The number of nitrogens with two attached hydrogens (primary N) is 1. The van der Waals surface area contributed by atoms with Crippen LogP contribution in [0.2, 0.25) is 0 Å². The lowest BCUT2D eigenvalue weighted by molar-refractivity contribution is 0.338. The van der Waals surface area contributed by atoms with E-state index < -0.39 is 0 Å². The Morgan fingerprint density at radius 2 is 2.00 bits per heavy atom. The summed E-state index contributed by atoms with van der Waals surface area (Å²) in [4.78, 5) is 4.12. The third kappa shape index (κ3) is 2.91. The van der Waals surface area contributed by atoms with Crippen LogP contribution in [0.15, 0.2) is 36.5 Å². The van der Waals surface area contributed by atoms with Crippen LogP contribution in [0.5, 0.6) is 17.4 Å². The minimum Gasteiger partial charge on any atom is -0.494 e. The minimum absolute atomic E-state index is 0.523. The van der Waals surface area contributed by atoms with E-state index in [2.05, 4.69) is 4.98 Å². The smallest absolute Gasteiger partial charge is 0.219 e. The van der Waals surface area contributed by atoms with Crippen molar-refractivity contribution in [3.63, 3.8) is 0 Å². The molecule has 0 saturated heterocycles. The second-order valence-corrected chi connectivity index (χ2v) is 3.89. The van der Waals surface area contributed by atoms with Crippen LogP contribution in [0.3, 0.4) is 0 Å². The standard InChI is InChI=1S/C14H16N2O2/c1-3-17-11-5-4-6-12(8-11)18-14-7-10(2)13(15)9-16-14/h4-9H,3,15H2,1-2H3. The molecule has 4 heteroatoms. The third-order valence-electron chi connectivity index (χ3n) is 2.47. The summed E-state index contributed by atoms with van der Waals surface area (Å²) in [5.41, 5.74) is 7.31. The van der Waals surface area contributed by atoms with Crippen LogP contribution in [-0.2, 0) is 0 Å². The molecule has 0 aliphatic heterocycles. The van der Waals surface area contributed by atoms with E-state index in [-0.39, 0.29) is 0 Å². The number of rotatable bonds is 4. The van der Waals surface area contributed by atoms with Gasteiger partial charge in [-0.05, 0) is 31.5 Å². The van der Waals surface area contributed by atoms with Crippen LogP contribution in [-0.4, -0.2) is 11.6 Å². The number of aryl methyl sites for hydroxylation is 1. The average Bonchev–Trinajstić information content (AvgIpc) is 2.35. The number of anilines is 1. The Morgan fingerprint density at radius 3 is 2.72 bits per heavy atom. The third-order valence-corrected chi connectivity index (χ3v) is 2.47. The Hall–Kier alpha value is -2.23. The van der Waals surface area contributed by atoms with Crippen molar-refractivity contribution >= 4 is 5.69 Å². The summed E-state index contributed by atoms with van der Waals surface area (Å²) in [7, 11) is 0. The summed E-state index contributed by atoms with van der Waals surface area (Å²) in [6.07, 6.45) is 1.59. The first kappa shape index (κ1) is 12.2. The maximum absolute atomic E-state index is 5.71. The summed E-state index contributed by atoms with van der Waals surface area (Å²) in [6.45, 7) is 4.49. The first-order chi connectivity index (χ1) is 8.69. The van der Waals surface area contributed by atoms with Crippen LogP contribution in [0.1, 0.15) is 12.5 Å². The van der Waals surface area contributed by atoms with Gasteiger partial charge in [0.2, 0.25) is 5.88 Å². The summed E-state index contributed by atoms with van der Waals surface area (Å²) < 4.78 is 11.1. The zero-order chi connectivity index (χ0) is 13.0. The minimum atomic E-state index is 0.523. The fourth-order valence-corrected chi connectivity index (χ4v) is 1.51. The van der Waals surface area contributed by atoms with Crippen LogP contribution in [0.25, 0.3) is 0 Å². The van der Waals surface area contributed by atoms with Crippen LogP contribution in [0.4, 0.5) is 5.69 Å². The molecule has 94 valence electrons. The van der Waals surface area contributed by atoms with Crippen molar-refractivity contribution in [2.45, 2.75) is 13.8 Å². The van der Waals surface area contributed by atoms with Gasteiger partial charge in [-0.15, -0.1) is 0 Å². The number of ether oxygens (including phenoxy) is 2. The largest absolute Gasteiger partial charge is 0.494 e. The fraction of sp³-hybridized carbons (Fsp3) is 0.214. The molecule has 0 fully saturated rings. The Kier molecular flexibility index (Phi) is 3.67. The first-order valence-corrected chi connectivity index (χ1v) is 5.82. The van der Waals surface area contributed by atoms with E-state index in [1.165, 1.54) is 0 Å². The van der Waals surface area contributed by atoms with Gasteiger partial charge in [0.05, 0.1) is 18.5 Å². The molecule has 0 saturated carbocycles. The van der Waals surface area contributed by atoms with E-state index in [4.69, 9.17) is 15.2 Å². The predicted octanol–water partition coefficient (Wildman–Crippen LogP) is 3.16. The number of aromatic nitrogens is 1. The van der Waals surface area contributed by atoms with Crippen molar-refractivity contribution in [3.8, 4) is 17.4 Å². The van der Waals surface area contributed by atoms with E-state index in [0.29, 0.717) is 23.9 Å². The molecule has 0 atom stereocenters. The highest BCUT2D eigenvalue weighted by Gasteiger charge is 2.02. The topological polar surface area (TPSA) is 57.4 Å². The van der Waals surface area contributed by atoms with Gasteiger partial charge < -0.3 is 15.2 Å². The zero-order valence-electron chi connectivity index (χ0n) is 10.5. The predicted molar refractivity (Wildman–Crippen MR) is 71.1 cm³/mol. The van der Waals surface area contributed by atoms with Crippen molar-refractivity contribution in [1.29, 1.82) is 0 Å². The van der Waals surface area contributed by atoms with E-state index in [1.807, 2.05) is 44.2 Å². The Labute approximate surface area is 106 Å². The van der Waals surface area contributed by atoms with Gasteiger partial charge in [-0.25, -0.2) is 4.98 Å². The molecule has 0 aliphatic carbocycles. The monoisotopic (exact) mass is 244 g/mol. The van der Waals surface area contributed by atoms with E-state index in [9.17, 15) is 0 Å². The SMILES string of the molecule is CCOc1cccc(Oc2cc(C)c(N)cn2)c1. The van der Waals surface area contributed by atoms with Gasteiger partial charge in [0.1, 0.15) is 11.5 Å². The quantitative estimate of drug-likeness (QED) is 0.897. The van der Waals surface area contributed by atoms with Crippen LogP contribution in [0, 0.1) is 6.92 Å². The number of benzene rings is 1. The van der Waals surface area contributed by atoms with Gasteiger partial charge in [0.25, 0.3) is 0 Å². The molecule has 1 aromatic carbocycles. The molecule has 0 amide bonds. The van der Waals surface area contributed by atoms with Crippen molar-refractivity contribution in [2.75, 3.05) is 12.3 Å². The molecular weight excluding hydrogens is 228 g/mol. The van der Waals surface area contributed by atoms with Gasteiger partial charge in [-0.2, -0.15) is 0 Å². The maximum Gasteiger partial charge on any atom is 0.219 e. The molecule has 0 radical (unpaired) electrons. The number of hydrogen-bond donors (Lipinski definition) is 1. The second kappa shape index (κ2) is 5.40. The maximum atomic E-state index is 5.71. The fourth-order valence-electron chi connectivity index (χ4n) is 1.51. The van der Waals surface area contributed by atoms with Crippen molar-refractivity contribution in [3.05, 3.63) is 42.1 Å². The summed E-state index contributed by atoms with van der Waals surface area (Å²) in [5.74, 6) is 2.00. The van der Waals surface area contributed by atoms with Gasteiger partial charge >= 0.3 is 0 Å². The molecule has 2 N–H and O–H groups in total. The van der Waals surface area contributed by atoms with Crippen LogP contribution >= 0.6 is 0 Å². The number of hydrogen-bond acceptors (Lipinski definition) is 4. The van der Waals surface area contributed by atoms with Gasteiger partial charge in [0, 0.05) is 12.1 Å². The molecule has 0 unspecified atom stereocenters. The second-order valence-electron chi connectivity index (χ2n) is 3.89. The van der Waals surface area contributed by atoms with Gasteiger partial charge in [0.15, 0.2) is 0 Å². The van der Waals surface area contributed by atoms with Crippen molar-refractivity contribution < 1.29 is 9.47 Å². The lowest BCUT2D eigenvalue weighted by atomic mass is 10.2. The lowest BCUT2D eigenvalue weighted by Gasteiger charge is -2.08. The molecule has 1 heterocycles. The zero-order valence-corrected chi connectivity index (χ0v) is 10.5. The highest BCUT2D eigenvalue weighted by molar-refractivity contribution is 5.46. The lowest BCUT2D eigenvalue weighted by Crippen LogP contribution is -1.95. The van der Waals surface area contributed by atoms with Gasteiger partial charge in [-0.3, -0.25) is 0 Å². The summed E-state index contributed by atoms with van der Waals surface area (Å²) in [6, 6.07) is 9.26. The average molecular weight is 244 g/mol. The summed E-state index contributed by atoms with van der Waals surface area (Å²) in [5, 5.41) is 0. The van der Waals surface area contributed by atoms with Crippen LogP contribution < -0.4 is 15.2 Å². The Balaban J connectivity index is 2.17. The van der Waals surface area contributed by atoms with Gasteiger partial charge in [-0.1, -0.05) is 6.07 Å². The highest BCUT2D eigenvalue weighted by atomic mass is 16.5. The molecule has 18 heavy (non-hydrogen) atoms. The Bertz CT molecular complexity index is 541. The first-order valence-electron chi connectivity index (χ1n) is 5.82. The number of nitrogen functional groups attached to an aromatic ring is 1. The molecule has 2 aromatic rings. The highest BCUT2D eigenvalue weighted by Crippen LogP contribution is 2.25. The Morgan fingerprint density at radius 1 is 1.22 bits per heavy atom. The molecule has 2 rings (SSSR count). The number of pyridine rings is 1. The molecule has 0 aliphatic rings. The van der Waals surface area contributed by atoms with E-state index in [1.54, 1.807) is 6.20 Å². The summed E-state index contributed by atoms with van der Waals surface area (Å²) >= 11 is 0. The molecule has 0 spiro atoms. The van der Waals surface area contributed by atoms with E-state index >= 15 is 0 Å². The molecule has 1 aromatic heterocycles. The van der Waals surface area contributed by atoms with Crippen molar-refractivity contribution in [1.82, 2.24) is 4.98 Å². The number of nitrogens with zero attached hydrogens (tertiary/aromatic N) is 1. The van der Waals surface area contributed by atoms with Crippen molar-refractivity contribution in [2.24, 2.45) is 0 Å². The van der Waals surface area contributed by atoms with E-state index in [0.717, 1.165) is 11.3 Å².